The lowest BCUT2D eigenvalue weighted by molar-refractivity contribution is -0.0258. The molecule has 24 heavy (non-hydrogen) atoms. The lowest BCUT2D eigenvalue weighted by Crippen LogP contribution is -2.26. The van der Waals surface area contributed by atoms with E-state index in [1.807, 2.05) is 6.92 Å². The Bertz CT molecular complexity index is 853. The lowest BCUT2D eigenvalue weighted by Gasteiger charge is -2.15. The first-order valence-electron chi connectivity index (χ1n) is 6.76. The highest BCUT2D eigenvalue weighted by Gasteiger charge is 2.25. The number of rotatable bonds is 6. The zero-order valence-electron chi connectivity index (χ0n) is 13.1. The average molecular weight is 391 g/mol. The van der Waals surface area contributed by atoms with E-state index in [2.05, 4.69) is 15.5 Å². The number of halogens is 1. The van der Waals surface area contributed by atoms with Crippen LogP contribution >= 0.6 is 22.9 Å². The number of hydrogen-bond acceptors (Lipinski definition) is 7. The van der Waals surface area contributed by atoms with Crippen LogP contribution in [0.15, 0.2) is 23.1 Å². The largest absolute Gasteiger partial charge is 0.296 e. The van der Waals surface area contributed by atoms with E-state index < -0.39 is 15.9 Å². The molecule has 0 saturated heterocycles. The molecule has 1 aromatic carbocycles. The Balaban J connectivity index is 2.32. The van der Waals surface area contributed by atoms with Crippen molar-refractivity contribution in [3.05, 3.63) is 33.8 Å². The van der Waals surface area contributed by atoms with Gasteiger partial charge in [-0.2, -0.15) is 0 Å². The molecule has 0 aliphatic carbocycles. The number of anilines is 1. The lowest BCUT2D eigenvalue weighted by atomic mass is 10.2. The molecule has 1 N–H and O–H groups in total. The van der Waals surface area contributed by atoms with Crippen LogP contribution in [0.3, 0.4) is 0 Å². The van der Waals surface area contributed by atoms with Crippen molar-refractivity contribution in [2.45, 2.75) is 18.2 Å². The number of nitrogens with one attached hydrogen (secondary N) is 1. The van der Waals surface area contributed by atoms with Gasteiger partial charge in [0, 0.05) is 12.6 Å². The van der Waals surface area contributed by atoms with Crippen LogP contribution in [-0.4, -0.2) is 43.1 Å². The number of benzene rings is 1. The third kappa shape index (κ3) is 3.90. The van der Waals surface area contributed by atoms with Gasteiger partial charge in [0.15, 0.2) is 0 Å². The summed E-state index contributed by atoms with van der Waals surface area (Å²) in [5.74, 6) is -0.512. The zero-order valence-corrected chi connectivity index (χ0v) is 15.5. The van der Waals surface area contributed by atoms with Crippen LogP contribution < -0.4 is 5.32 Å². The molecule has 0 fully saturated rings. The number of carbonyl (C=O) groups excluding carboxylic acids is 1. The fourth-order valence-corrected chi connectivity index (χ4v) is 3.84. The molecule has 1 heterocycles. The van der Waals surface area contributed by atoms with Crippen molar-refractivity contribution >= 4 is 44.0 Å². The smallest absolute Gasteiger partial charge is 0.266 e. The summed E-state index contributed by atoms with van der Waals surface area (Å²) in [5.41, 5.74) is 0.121. The molecule has 0 saturated carbocycles. The van der Waals surface area contributed by atoms with E-state index in [0.717, 1.165) is 5.01 Å². The molecule has 2 aromatic rings. The number of hydroxylamine groups is 1. The first-order chi connectivity index (χ1) is 11.3. The standard InChI is InChI=1S/C13H15ClN4O4S2/c1-4-11-16-17-13(23-11)15-12(19)8-5-6-9(14)10(7-8)24(20,21)18(2)22-3/h5-7H,4H2,1-3H3,(H,15,17,19). The van der Waals surface area contributed by atoms with Crippen LogP contribution in [0.4, 0.5) is 5.13 Å². The summed E-state index contributed by atoms with van der Waals surface area (Å²) >= 11 is 7.21. The van der Waals surface area contributed by atoms with E-state index in [9.17, 15) is 13.2 Å². The Kier molecular flexibility index (Phi) is 5.88. The highest BCUT2D eigenvalue weighted by molar-refractivity contribution is 7.89. The Morgan fingerprint density at radius 3 is 2.71 bits per heavy atom. The molecule has 0 spiro atoms. The fraction of sp³-hybridized carbons (Fsp3) is 0.308. The van der Waals surface area contributed by atoms with Crippen LogP contribution in [0.25, 0.3) is 0 Å². The number of aromatic nitrogens is 2. The SMILES string of the molecule is CCc1nnc(NC(=O)c2ccc(Cl)c(S(=O)(=O)N(C)OC)c2)s1. The first kappa shape index (κ1) is 18.7. The third-order valence-corrected chi connectivity index (χ3v) is 6.20. The van der Waals surface area contributed by atoms with Crippen molar-refractivity contribution in [2.75, 3.05) is 19.5 Å². The van der Waals surface area contributed by atoms with E-state index in [1.54, 1.807) is 0 Å². The molecule has 0 radical (unpaired) electrons. The van der Waals surface area contributed by atoms with E-state index in [4.69, 9.17) is 16.4 Å². The summed E-state index contributed by atoms with van der Waals surface area (Å²) in [6.45, 7) is 1.93. The van der Waals surface area contributed by atoms with Gasteiger partial charge < -0.3 is 0 Å². The molecule has 1 amide bonds. The van der Waals surface area contributed by atoms with Crippen LogP contribution in [0.1, 0.15) is 22.3 Å². The van der Waals surface area contributed by atoms with E-state index >= 15 is 0 Å². The fourth-order valence-electron chi connectivity index (χ4n) is 1.70. The Hall–Kier alpha value is -1.59. The third-order valence-electron chi connectivity index (χ3n) is 3.06. The summed E-state index contributed by atoms with van der Waals surface area (Å²) in [5, 5.41) is 11.4. The van der Waals surface area contributed by atoms with Gasteiger partial charge in [-0.15, -0.1) is 10.2 Å². The molecule has 130 valence electrons. The Morgan fingerprint density at radius 1 is 1.42 bits per heavy atom. The van der Waals surface area contributed by atoms with Crippen molar-refractivity contribution in [1.82, 2.24) is 14.7 Å². The second-order valence-corrected chi connectivity index (χ2v) is 7.92. The number of nitrogens with zero attached hydrogens (tertiary/aromatic N) is 3. The molecule has 11 heteroatoms. The maximum atomic E-state index is 12.3. The molecule has 0 aliphatic rings. The average Bonchev–Trinajstić information content (AvgIpc) is 3.01. The maximum absolute atomic E-state index is 12.3. The van der Waals surface area contributed by atoms with Crippen LogP contribution in [-0.2, 0) is 21.3 Å². The predicted molar refractivity (Wildman–Crippen MR) is 90.7 cm³/mol. The van der Waals surface area contributed by atoms with Gasteiger partial charge in [-0.3, -0.25) is 14.9 Å². The van der Waals surface area contributed by atoms with Crippen molar-refractivity contribution in [2.24, 2.45) is 0 Å². The number of aryl methyl sites for hydroxylation is 1. The number of carbonyl (C=O) groups is 1. The molecule has 2 rings (SSSR count). The van der Waals surface area contributed by atoms with Gasteiger partial charge in [-0.05, 0) is 24.6 Å². The van der Waals surface area contributed by atoms with Crippen molar-refractivity contribution in [1.29, 1.82) is 0 Å². The summed E-state index contributed by atoms with van der Waals surface area (Å²) in [6.07, 6.45) is 0.709. The molecule has 8 nitrogen and oxygen atoms in total. The quantitative estimate of drug-likeness (QED) is 0.758. The van der Waals surface area contributed by atoms with Gasteiger partial charge >= 0.3 is 0 Å². The molecular formula is C13H15ClN4O4S2. The second kappa shape index (κ2) is 7.53. The van der Waals surface area contributed by atoms with Crippen molar-refractivity contribution in [3.8, 4) is 0 Å². The van der Waals surface area contributed by atoms with E-state index in [-0.39, 0.29) is 15.5 Å². The van der Waals surface area contributed by atoms with Gasteiger partial charge in [0.2, 0.25) is 5.13 Å². The Labute approximate surface area is 148 Å². The van der Waals surface area contributed by atoms with Gasteiger partial charge in [0.1, 0.15) is 9.90 Å². The molecule has 0 aliphatic heterocycles. The maximum Gasteiger partial charge on any atom is 0.266 e. The van der Waals surface area contributed by atoms with Gasteiger partial charge in [-0.25, -0.2) is 8.42 Å². The van der Waals surface area contributed by atoms with Crippen LogP contribution in [0, 0.1) is 0 Å². The van der Waals surface area contributed by atoms with Crippen molar-refractivity contribution in [3.63, 3.8) is 0 Å². The molecule has 0 unspecified atom stereocenters. The minimum atomic E-state index is -3.97. The zero-order chi connectivity index (χ0) is 17.9. The predicted octanol–water partition coefficient (Wildman–Crippen LogP) is 2.19. The summed E-state index contributed by atoms with van der Waals surface area (Å²) in [6, 6.07) is 3.94. The first-order valence-corrected chi connectivity index (χ1v) is 9.39. The molecular weight excluding hydrogens is 376 g/mol. The van der Waals surface area contributed by atoms with E-state index in [1.165, 1.54) is 43.7 Å². The second-order valence-electron chi connectivity index (χ2n) is 4.55. The normalized spacial score (nSPS) is 11.7. The topological polar surface area (TPSA) is 101 Å². The highest BCUT2D eigenvalue weighted by Crippen LogP contribution is 2.26. The minimum Gasteiger partial charge on any atom is -0.296 e. The van der Waals surface area contributed by atoms with Gasteiger partial charge in [0.05, 0.1) is 12.1 Å². The number of hydrogen-bond donors (Lipinski definition) is 1. The monoisotopic (exact) mass is 390 g/mol. The number of sulfonamides is 1. The summed E-state index contributed by atoms with van der Waals surface area (Å²) in [7, 11) is -1.54. The van der Waals surface area contributed by atoms with Gasteiger partial charge in [0.25, 0.3) is 15.9 Å². The summed E-state index contributed by atoms with van der Waals surface area (Å²) < 4.78 is 25.3. The van der Waals surface area contributed by atoms with E-state index in [0.29, 0.717) is 16.0 Å². The molecule has 0 atom stereocenters. The minimum absolute atomic E-state index is 0.0142. The van der Waals surface area contributed by atoms with Crippen LogP contribution in [0.2, 0.25) is 5.02 Å². The molecule has 1 aromatic heterocycles. The number of amides is 1. The van der Waals surface area contributed by atoms with Crippen LogP contribution in [0.5, 0.6) is 0 Å². The summed E-state index contributed by atoms with van der Waals surface area (Å²) in [4.78, 5) is 16.8. The highest BCUT2D eigenvalue weighted by atomic mass is 35.5. The van der Waals surface area contributed by atoms with Gasteiger partial charge in [-0.1, -0.05) is 34.3 Å². The Morgan fingerprint density at radius 2 is 2.12 bits per heavy atom. The molecule has 0 bridgehead atoms. The van der Waals surface area contributed by atoms with Crippen molar-refractivity contribution < 1.29 is 18.0 Å².